The molecule has 1 atom stereocenters. The molecule has 0 radical (unpaired) electrons. The standard InChI is InChI=1S/C25H25ClN2O6S/c1-17-6-9-21(10-7-17)35(30,31)28-16-24(34-23-11-8-18(26)14-22(23)28)25(29)27-12-13-33-20-5-3-4-19(15-20)32-2/h3-11,14-15,24H,12-13,16H2,1-2H3,(H,27,29)/t24-/m0/s1. The van der Waals surface area contributed by atoms with E-state index in [1.165, 1.54) is 22.5 Å². The number of hydrogen-bond donors (Lipinski definition) is 1. The van der Waals surface area contributed by atoms with Gasteiger partial charge in [-0.1, -0.05) is 35.4 Å². The third-order valence-electron chi connectivity index (χ3n) is 5.40. The maximum atomic E-state index is 13.5. The number of carbonyl (C=O) groups excluding carboxylic acids is 1. The van der Waals surface area contributed by atoms with Gasteiger partial charge in [-0.15, -0.1) is 0 Å². The summed E-state index contributed by atoms with van der Waals surface area (Å²) >= 11 is 6.13. The van der Waals surface area contributed by atoms with Crippen molar-refractivity contribution in [2.45, 2.75) is 17.9 Å². The molecule has 0 unspecified atom stereocenters. The van der Waals surface area contributed by atoms with E-state index in [2.05, 4.69) is 5.32 Å². The summed E-state index contributed by atoms with van der Waals surface area (Å²) in [7, 11) is -2.40. The van der Waals surface area contributed by atoms with Gasteiger partial charge in [0.2, 0.25) is 0 Å². The Bertz CT molecular complexity index is 1310. The van der Waals surface area contributed by atoms with E-state index in [0.29, 0.717) is 16.5 Å². The first-order valence-corrected chi connectivity index (χ1v) is 12.7. The molecule has 3 aromatic carbocycles. The van der Waals surface area contributed by atoms with Crippen LogP contribution in [-0.2, 0) is 14.8 Å². The lowest BCUT2D eigenvalue weighted by molar-refractivity contribution is -0.127. The summed E-state index contributed by atoms with van der Waals surface area (Å²) in [4.78, 5) is 13.0. The molecule has 1 N–H and O–H groups in total. The summed E-state index contributed by atoms with van der Waals surface area (Å²) in [5.41, 5.74) is 1.21. The van der Waals surface area contributed by atoms with Gasteiger partial charge in [0.25, 0.3) is 15.9 Å². The molecular weight excluding hydrogens is 492 g/mol. The van der Waals surface area contributed by atoms with Crippen LogP contribution < -0.4 is 23.8 Å². The number of amides is 1. The summed E-state index contributed by atoms with van der Waals surface area (Å²) in [6.45, 7) is 2.09. The van der Waals surface area contributed by atoms with Crippen LogP contribution >= 0.6 is 11.6 Å². The number of anilines is 1. The molecule has 10 heteroatoms. The van der Waals surface area contributed by atoms with Gasteiger partial charge in [-0.3, -0.25) is 9.10 Å². The fraction of sp³-hybridized carbons (Fsp3) is 0.240. The summed E-state index contributed by atoms with van der Waals surface area (Å²) in [5, 5.41) is 3.10. The molecule has 0 saturated heterocycles. The van der Waals surface area contributed by atoms with Crippen LogP contribution in [0, 0.1) is 6.92 Å². The molecule has 1 aliphatic heterocycles. The minimum atomic E-state index is -3.97. The molecule has 4 rings (SSSR count). The zero-order valence-corrected chi connectivity index (χ0v) is 20.8. The van der Waals surface area contributed by atoms with Gasteiger partial charge >= 0.3 is 0 Å². The third kappa shape index (κ3) is 5.63. The first kappa shape index (κ1) is 24.7. The molecule has 8 nitrogen and oxygen atoms in total. The molecule has 1 heterocycles. The Morgan fingerprint density at radius 2 is 1.86 bits per heavy atom. The highest BCUT2D eigenvalue weighted by Crippen LogP contribution is 2.38. The predicted octanol–water partition coefficient (Wildman–Crippen LogP) is 3.81. The van der Waals surface area contributed by atoms with Gasteiger partial charge in [-0.2, -0.15) is 0 Å². The number of nitrogens with one attached hydrogen (secondary N) is 1. The molecule has 0 saturated carbocycles. The van der Waals surface area contributed by atoms with Crippen LogP contribution in [0.1, 0.15) is 5.56 Å². The van der Waals surface area contributed by atoms with Crippen molar-refractivity contribution in [1.82, 2.24) is 5.32 Å². The van der Waals surface area contributed by atoms with E-state index in [0.717, 1.165) is 5.56 Å². The number of nitrogens with zero attached hydrogens (tertiary/aromatic N) is 1. The van der Waals surface area contributed by atoms with Crippen molar-refractivity contribution in [1.29, 1.82) is 0 Å². The Morgan fingerprint density at radius 1 is 1.11 bits per heavy atom. The van der Waals surface area contributed by atoms with Gasteiger partial charge in [-0.25, -0.2) is 8.42 Å². The molecule has 0 fully saturated rings. The lowest BCUT2D eigenvalue weighted by atomic mass is 10.2. The molecule has 3 aromatic rings. The molecule has 35 heavy (non-hydrogen) atoms. The average Bonchev–Trinajstić information content (AvgIpc) is 2.86. The van der Waals surface area contributed by atoms with Gasteiger partial charge in [0.05, 0.1) is 30.8 Å². The van der Waals surface area contributed by atoms with Gasteiger partial charge < -0.3 is 19.5 Å². The second-order valence-electron chi connectivity index (χ2n) is 7.89. The third-order valence-corrected chi connectivity index (χ3v) is 7.43. The molecule has 0 aromatic heterocycles. The fourth-order valence-electron chi connectivity index (χ4n) is 3.57. The first-order valence-electron chi connectivity index (χ1n) is 10.9. The Balaban J connectivity index is 1.47. The van der Waals surface area contributed by atoms with Crippen molar-refractivity contribution in [3.63, 3.8) is 0 Å². The van der Waals surface area contributed by atoms with Gasteiger partial charge in [0, 0.05) is 11.1 Å². The molecular formula is C25H25ClN2O6S. The van der Waals surface area contributed by atoms with E-state index in [1.54, 1.807) is 55.6 Å². The van der Waals surface area contributed by atoms with E-state index in [1.807, 2.05) is 6.92 Å². The predicted molar refractivity (Wildman–Crippen MR) is 133 cm³/mol. The number of sulfonamides is 1. The second kappa shape index (κ2) is 10.5. The van der Waals surface area contributed by atoms with Crippen LogP contribution in [0.3, 0.4) is 0 Å². The van der Waals surface area contributed by atoms with E-state index in [9.17, 15) is 13.2 Å². The number of benzene rings is 3. The molecule has 1 amide bonds. The highest BCUT2D eigenvalue weighted by atomic mass is 35.5. The lowest BCUT2D eigenvalue weighted by Crippen LogP contribution is -2.51. The minimum Gasteiger partial charge on any atom is -0.497 e. The quantitative estimate of drug-likeness (QED) is 0.458. The molecule has 0 aliphatic carbocycles. The number of methoxy groups -OCH3 is 1. The zero-order chi connectivity index (χ0) is 25.0. The number of halogens is 1. The maximum absolute atomic E-state index is 13.5. The number of rotatable bonds is 8. The second-order valence-corrected chi connectivity index (χ2v) is 10.2. The summed E-state index contributed by atoms with van der Waals surface area (Å²) in [5.74, 6) is 1.07. The summed E-state index contributed by atoms with van der Waals surface area (Å²) < 4.78 is 44.8. The van der Waals surface area contributed by atoms with Crippen molar-refractivity contribution < 1.29 is 27.4 Å². The number of fused-ring (bicyclic) bond motifs is 1. The monoisotopic (exact) mass is 516 g/mol. The number of aryl methyl sites for hydroxylation is 1. The SMILES string of the molecule is COc1cccc(OCCNC(=O)[C@@H]2CN(S(=O)(=O)c3ccc(C)cc3)c3cc(Cl)ccc3O2)c1. The Labute approximate surface area is 209 Å². The molecule has 0 spiro atoms. The van der Waals surface area contributed by atoms with Crippen molar-refractivity contribution >= 4 is 33.2 Å². The number of carbonyl (C=O) groups is 1. The number of hydrogen-bond acceptors (Lipinski definition) is 6. The summed E-state index contributed by atoms with van der Waals surface area (Å²) in [6, 6.07) is 18.3. The van der Waals surface area contributed by atoms with E-state index < -0.39 is 22.0 Å². The van der Waals surface area contributed by atoms with Gasteiger partial charge in [-0.05, 0) is 49.4 Å². The van der Waals surface area contributed by atoms with Crippen LogP contribution in [0.25, 0.3) is 0 Å². The Morgan fingerprint density at radius 3 is 2.60 bits per heavy atom. The molecule has 1 aliphatic rings. The molecule has 184 valence electrons. The topological polar surface area (TPSA) is 94.2 Å². The van der Waals surface area contributed by atoms with Gasteiger partial charge in [0.1, 0.15) is 23.9 Å². The summed E-state index contributed by atoms with van der Waals surface area (Å²) in [6.07, 6.45) is -1.05. The molecule has 0 bridgehead atoms. The number of ether oxygens (including phenoxy) is 3. The van der Waals surface area contributed by atoms with Crippen molar-refractivity contribution in [2.24, 2.45) is 0 Å². The van der Waals surface area contributed by atoms with Crippen molar-refractivity contribution in [3.8, 4) is 17.2 Å². The van der Waals surface area contributed by atoms with Crippen LogP contribution in [-0.4, -0.2) is 47.2 Å². The highest BCUT2D eigenvalue weighted by Gasteiger charge is 2.37. The maximum Gasteiger partial charge on any atom is 0.264 e. The van der Waals surface area contributed by atoms with Crippen LogP contribution in [0.4, 0.5) is 5.69 Å². The van der Waals surface area contributed by atoms with Crippen LogP contribution in [0.2, 0.25) is 5.02 Å². The Kier molecular flexibility index (Phi) is 7.37. The zero-order valence-electron chi connectivity index (χ0n) is 19.2. The fourth-order valence-corrected chi connectivity index (χ4v) is 5.21. The van der Waals surface area contributed by atoms with Crippen molar-refractivity contribution in [3.05, 3.63) is 77.3 Å². The van der Waals surface area contributed by atoms with Crippen LogP contribution in [0.15, 0.2) is 71.6 Å². The largest absolute Gasteiger partial charge is 0.497 e. The first-order chi connectivity index (χ1) is 16.8. The highest BCUT2D eigenvalue weighted by molar-refractivity contribution is 7.92. The average molecular weight is 517 g/mol. The van der Waals surface area contributed by atoms with Crippen molar-refractivity contribution in [2.75, 3.05) is 31.1 Å². The van der Waals surface area contributed by atoms with Gasteiger partial charge in [0.15, 0.2) is 6.10 Å². The van der Waals surface area contributed by atoms with E-state index >= 15 is 0 Å². The Hall–Kier alpha value is -3.43. The van der Waals surface area contributed by atoms with E-state index in [-0.39, 0.29) is 36.0 Å². The smallest absolute Gasteiger partial charge is 0.264 e. The minimum absolute atomic E-state index is 0.113. The normalized spacial score (nSPS) is 15.1. The van der Waals surface area contributed by atoms with E-state index in [4.69, 9.17) is 25.8 Å². The lowest BCUT2D eigenvalue weighted by Gasteiger charge is -2.34. The van der Waals surface area contributed by atoms with Crippen LogP contribution in [0.5, 0.6) is 17.2 Å².